The summed E-state index contributed by atoms with van der Waals surface area (Å²) in [5.41, 5.74) is 0. The van der Waals surface area contributed by atoms with E-state index in [-0.39, 0.29) is 97.7 Å². The Balaban J connectivity index is -0.0000000133. The molecule has 0 fully saturated rings. The molecule has 7 heavy (non-hydrogen) atoms. The Morgan fingerprint density at radius 2 is 1.29 bits per heavy atom. The van der Waals surface area contributed by atoms with Crippen molar-refractivity contribution in [2.75, 3.05) is 0 Å². The van der Waals surface area contributed by atoms with Gasteiger partial charge in [0.25, 0.3) is 0 Å². The third-order valence-corrected chi connectivity index (χ3v) is 0. The zero-order valence-corrected chi connectivity index (χ0v) is 11.0. The number of halogens is 1. The van der Waals surface area contributed by atoms with Crippen LogP contribution in [0.1, 0.15) is 2.85 Å². The molecule has 0 aromatic rings. The first-order chi connectivity index (χ1) is 2.00. The predicted octanol–water partition coefficient (Wildman–Crippen LogP) is -1.52. The van der Waals surface area contributed by atoms with E-state index < -0.39 is 8.11 Å². The molecule has 0 heterocycles. The summed E-state index contributed by atoms with van der Waals surface area (Å²) < 4.78 is 0. The van der Waals surface area contributed by atoms with Gasteiger partial charge in [0.1, 0.15) is 0 Å². The van der Waals surface area contributed by atoms with Gasteiger partial charge in [-0.2, -0.15) is 0 Å². The minimum Gasteiger partial charge on any atom is -1.00 e. The van der Waals surface area contributed by atoms with Crippen molar-refractivity contribution < 1.29 is 66.6 Å². The number of hydrogen-bond donors (Lipinski definition) is 3. The van der Waals surface area contributed by atoms with Crippen LogP contribution in [0.25, 0.3) is 0 Å². The Labute approximate surface area is 128 Å². The Bertz CT molecular complexity index is 37.3. The van der Waals surface area contributed by atoms with E-state index in [1.165, 1.54) is 0 Å². The standard InChI is InChI=1S/ClH3O3Si.Eu.Sr.2H/c1-5(2,3)4;;;;/h2-4H;;;;/q;;+2;2*-1. The maximum Gasteiger partial charge on any atom is 2.00 e. The van der Waals surface area contributed by atoms with E-state index in [0.717, 1.165) is 0 Å². The van der Waals surface area contributed by atoms with Gasteiger partial charge in [-0.1, -0.05) is 11.1 Å². The van der Waals surface area contributed by atoms with Crippen LogP contribution < -0.4 is 0 Å². The molecule has 0 rings (SSSR count). The second-order valence-corrected chi connectivity index (χ2v) is 3.18. The molecule has 0 aliphatic heterocycles. The van der Waals surface area contributed by atoms with Gasteiger partial charge in [-0.05, 0) is 0 Å². The van der Waals surface area contributed by atoms with E-state index >= 15 is 0 Å². The predicted molar refractivity (Wildman–Crippen MR) is 26.2 cm³/mol. The molecular weight excluding hydrogens is 351 g/mol. The third kappa shape index (κ3) is 44.0. The molecule has 0 unspecified atom stereocenters. The summed E-state index contributed by atoms with van der Waals surface area (Å²) in [7, 11) is -4.14. The van der Waals surface area contributed by atoms with Crippen LogP contribution in [0.4, 0.5) is 0 Å². The van der Waals surface area contributed by atoms with Crippen molar-refractivity contribution in [2.24, 2.45) is 0 Å². The SMILES string of the molecule is O[Si](O)(O)Cl.[Eu].[H-].[H-].[Sr+2]. The average Bonchev–Trinajstić information content (AvgIpc) is 0.722. The molecule has 0 saturated heterocycles. The maximum atomic E-state index is 7.54. The smallest absolute Gasteiger partial charge is 1.00 e. The van der Waals surface area contributed by atoms with Crippen molar-refractivity contribution in [1.82, 2.24) is 0 Å². The fourth-order valence-corrected chi connectivity index (χ4v) is 0. The van der Waals surface area contributed by atoms with Crippen molar-refractivity contribution in [3.8, 4) is 0 Å². The summed E-state index contributed by atoms with van der Waals surface area (Å²) in [4.78, 5) is 22.6. The second-order valence-electron chi connectivity index (χ2n) is 0.554. The minimum absolute atomic E-state index is 0. The molecule has 0 spiro atoms. The first-order valence-corrected chi connectivity index (χ1v) is 3.71. The van der Waals surface area contributed by atoms with Crippen LogP contribution in [0.3, 0.4) is 0 Å². The quantitative estimate of drug-likeness (QED) is 0.365. The number of hydrogen-bond acceptors (Lipinski definition) is 3. The minimum atomic E-state index is -4.14. The molecule has 0 bridgehead atoms. The molecule has 0 aliphatic rings. The molecule has 3 N–H and O–H groups in total. The summed E-state index contributed by atoms with van der Waals surface area (Å²) in [6.45, 7) is 0. The van der Waals surface area contributed by atoms with Crippen molar-refractivity contribution in [3.63, 3.8) is 0 Å². The first-order valence-electron chi connectivity index (χ1n) is 0.860. The van der Waals surface area contributed by atoms with Gasteiger partial charge in [0.2, 0.25) is 0 Å². The van der Waals surface area contributed by atoms with Gasteiger partial charge < -0.3 is 17.2 Å². The van der Waals surface area contributed by atoms with E-state index in [2.05, 4.69) is 11.1 Å². The molecule has 3 nitrogen and oxygen atoms in total. The zero-order chi connectivity index (χ0) is 4.50. The van der Waals surface area contributed by atoms with Crippen molar-refractivity contribution in [3.05, 3.63) is 0 Å². The molecule has 43 valence electrons. The van der Waals surface area contributed by atoms with E-state index in [4.69, 9.17) is 14.4 Å². The van der Waals surface area contributed by atoms with Crippen LogP contribution in [-0.2, 0) is 0 Å². The Morgan fingerprint density at radius 1 is 1.29 bits per heavy atom. The van der Waals surface area contributed by atoms with Crippen LogP contribution in [0.15, 0.2) is 0 Å². The summed E-state index contributed by atoms with van der Waals surface area (Å²) in [5, 5.41) is 0. The average molecular weight is 356 g/mol. The second kappa shape index (κ2) is 7.56. The largest absolute Gasteiger partial charge is 2.00 e. The van der Waals surface area contributed by atoms with Crippen molar-refractivity contribution in [1.29, 1.82) is 0 Å². The van der Waals surface area contributed by atoms with Crippen LogP contribution in [0.5, 0.6) is 0 Å². The van der Waals surface area contributed by atoms with Crippen LogP contribution >= 0.6 is 11.1 Å². The fourth-order valence-electron chi connectivity index (χ4n) is 0. The van der Waals surface area contributed by atoms with E-state index in [1.807, 2.05) is 0 Å². The van der Waals surface area contributed by atoms with Gasteiger partial charge in [-0.25, -0.2) is 0 Å². The van der Waals surface area contributed by atoms with E-state index in [0.29, 0.717) is 0 Å². The first kappa shape index (κ1) is 16.8. The van der Waals surface area contributed by atoms with Crippen LogP contribution in [-0.4, -0.2) is 68.0 Å². The summed E-state index contributed by atoms with van der Waals surface area (Å²) >= 11 is 4.34. The third-order valence-electron chi connectivity index (χ3n) is 0. The van der Waals surface area contributed by atoms with Gasteiger partial charge in [0.05, 0.1) is 0 Å². The summed E-state index contributed by atoms with van der Waals surface area (Å²) in [6.07, 6.45) is 0. The van der Waals surface area contributed by atoms with Gasteiger partial charge in [0.15, 0.2) is 0 Å². The number of rotatable bonds is 0. The molecule has 0 saturated carbocycles. The molecule has 0 aliphatic carbocycles. The Morgan fingerprint density at radius 3 is 1.29 bits per heavy atom. The zero-order valence-electron chi connectivity index (χ0n) is 5.30. The molecular formula is H5ClEuO3SiSr. The topological polar surface area (TPSA) is 60.7 Å². The van der Waals surface area contributed by atoms with Gasteiger partial charge >= 0.3 is 53.6 Å². The van der Waals surface area contributed by atoms with Crippen molar-refractivity contribution in [2.45, 2.75) is 0 Å². The molecule has 0 aromatic carbocycles. The molecule has 0 aromatic heterocycles. The Kier molecular flexibility index (Phi) is 18.2. The van der Waals surface area contributed by atoms with Crippen LogP contribution in [0.2, 0.25) is 0 Å². The fraction of sp³-hybridized carbons (Fsp3) is 0. The van der Waals surface area contributed by atoms with Crippen molar-refractivity contribution >= 4 is 64.7 Å². The van der Waals surface area contributed by atoms with Gasteiger partial charge in [-0.3, -0.25) is 0 Å². The molecule has 0 atom stereocenters. The van der Waals surface area contributed by atoms with Gasteiger partial charge in [-0.15, -0.1) is 0 Å². The summed E-state index contributed by atoms with van der Waals surface area (Å²) in [6, 6.07) is 0. The molecule has 1 radical (unpaired) electrons. The van der Waals surface area contributed by atoms with Crippen LogP contribution in [0, 0.1) is 49.4 Å². The maximum absolute atomic E-state index is 7.54. The van der Waals surface area contributed by atoms with Gasteiger partial charge in [0, 0.05) is 49.4 Å². The monoisotopic (exact) mass is 357 g/mol. The van der Waals surface area contributed by atoms with E-state index in [1.54, 1.807) is 0 Å². The molecule has 0 amide bonds. The molecule has 7 heteroatoms. The van der Waals surface area contributed by atoms with E-state index in [9.17, 15) is 0 Å². The summed E-state index contributed by atoms with van der Waals surface area (Å²) in [5.74, 6) is 0. The Hall–Kier alpha value is 3.45. The normalized spacial score (nSPS) is 8.57.